The predicted molar refractivity (Wildman–Crippen MR) is 93.3 cm³/mol. The molecule has 0 radical (unpaired) electrons. The summed E-state index contributed by atoms with van der Waals surface area (Å²) in [5.74, 6) is -0.0765. The van der Waals surface area contributed by atoms with Crippen molar-refractivity contribution in [3.8, 4) is 5.75 Å². The first-order valence-electron chi connectivity index (χ1n) is 8.35. The van der Waals surface area contributed by atoms with Gasteiger partial charge in [0.2, 0.25) is 0 Å². The summed E-state index contributed by atoms with van der Waals surface area (Å²) < 4.78 is 6.14. The van der Waals surface area contributed by atoms with Gasteiger partial charge in [-0.05, 0) is 79.1 Å². The number of hydrogen-bond acceptors (Lipinski definition) is 2. The molecule has 0 amide bonds. The first-order chi connectivity index (χ1) is 11.6. The van der Waals surface area contributed by atoms with E-state index < -0.39 is 5.97 Å². The van der Waals surface area contributed by atoms with Crippen LogP contribution in [0, 0.1) is 0 Å². The van der Waals surface area contributed by atoms with Crippen molar-refractivity contribution in [1.82, 2.24) is 0 Å². The van der Waals surface area contributed by atoms with E-state index in [-0.39, 0.29) is 5.41 Å². The maximum atomic E-state index is 11.2. The quantitative estimate of drug-likeness (QED) is 0.821. The Kier molecular flexibility index (Phi) is 3.76. The number of aromatic carboxylic acids is 1. The van der Waals surface area contributed by atoms with Gasteiger partial charge in [0, 0.05) is 10.4 Å². The summed E-state index contributed by atoms with van der Waals surface area (Å²) in [5, 5.41) is 9.99. The van der Waals surface area contributed by atoms with Gasteiger partial charge in [-0.25, -0.2) is 4.79 Å². The van der Waals surface area contributed by atoms with Crippen molar-refractivity contribution in [2.75, 3.05) is 6.61 Å². The fourth-order valence-corrected chi connectivity index (χ4v) is 4.35. The second kappa shape index (κ2) is 5.82. The van der Waals surface area contributed by atoms with Crippen molar-refractivity contribution in [2.45, 2.75) is 37.5 Å². The number of rotatable bonds is 1. The molecular weight excluding hydrogens is 324 g/mol. The minimum Gasteiger partial charge on any atom is -0.492 e. The van der Waals surface area contributed by atoms with E-state index in [4.69, 9.17) is 16.3 Å². The van der Waals surface area contributed by atoms with Gasteiger partial charge >= 0.3 is 5.97 Å². The zero-order valence-electron chi connectivity index (χ0n) is 13.3. The van der Waals surface area contributed by atoms with Crippen LogP contribution in [-0.4, -0.2) is 17.7 Å². The Hall–Kier alpha value is -2.00. The Balaban J connectivity index is 1.70. The lowest BCUT2D eigenvalue weighted by molar-refractivity contribution is 0.0696. The van der Waals surface area contributed by atoms with E-state index in [0.717, 1.165) is 48.4 Å². The Bertz CT molecular complexity index is 815. The molecule has 24 heavy (non-hydrogen) atoms. The molecule has 4 heteroatoms. The molecule has 1 N–H and O–H groups in total. The molecule has 1 spiro atoms. The minimum atomic E-state index is -0.894. The molecule has 0 bridgehead atoms. The zero-order valence-corrected chi connectivity index (χ0v) is 14.1. The lowest BCUT2D eigenvalue weighted by atomic mass is 9.68. The number of halogens is 1. The molecule has 1 aliphatic carbocycles. The van der Waals surface area contributed by atoms with Crippen molar-refractivity contribution >= 4 is 17.6 Å². The highest BCUT2D eigenvalue weighted by atomic mass is 35.5. The van der Waals surface area contributed by atoms with Crippen LogP contribution >= 0.6 is 11.6 Å². The number of carboxylic acids is 1. The third-order valence-corrected chi connectivity index (χ3v) is 5.66. The molecule has 1 atom stereocenters. The fraction of sp³-hybridized carbons (Fsp3) is 0.350. The molecule has 0 fully saturated rings. The number of hydrogen-bond donors (Lipinski definition) is 1. The van der Waals surface area contributed by atoms with E-state index in [2.05, 4.69) is 12.1 Å². The summed E-state index contributed by atoms with van der Waals surface area (Å²) in [4.78, 5) is 11.2. The maximum absolute atomic E-state index is 11.2. The van der Waals surface area contributed by atoms with Gasteiger partial charge < -0.3 is 9.84 Å². The summed E-state index contributed by atoms with van der Waals surface area (Å²) in [5.41, 5.74) is 4.00. The zero-order chi connectivity index (χ0) is 16.7. The SMILES string of the molecule is O=C(O)c1ccc2c(c1)CC[C@@]1(CCCc3cc(Cl)ccc31)CO2. The number of carbonyl (C=O) groups is 1. The monoisotopic (exact) mass is 342 g/mol. The van der Waals surface area contributed by atoms with Gasteiger partial charge in [-0.15, -0.1) is 0 Å². The standard InChI is InChI=1S/C20H19ClO3/c21-16-4-5-17-13(11-16)2-1-8-20(17)9-7-14-10-15(19(22)23)3-6-18(14)24-12-20/h3-6,10-11H,1-2,7-9,12H2,(H,22,23)/t20-/m0/s1. The number of ether oxygens (including phenoxy) is 1. The topological polar surface area (TPSA) is 46.5 Å². The van der Waals surface area contributed by atoms with E-state index in [9.17, 15) is 9.90 Å². The van der Waals surface area contributed by atoms with Crippen molar-refractivity contribution in [3.05, 3.63) is 63.7 Å². The average Bonchev–Trinajstić information content (AvgIpc) is 2.75. The predicted octanol–water partition coefficient (Wildman–Crippen LogP) is 4.64. The Labute approximate surface area is 146 Å². The molecular formula is C20H19ClO3. The first kappa shape index (κ1) is 15.5. The van der Waals surface area contributed by atoms with Crippen LogP contribution in [0.1, 0.15) is 46.3 Å². The van der Waals surface area contributed by atoms with Crippen molar-refractivity contribution in [3.63, 3.8) is 0 Å². The van der Waals surface area contributed by atoms with Crippen LogP contribution in [0.2, 0.25) is 5.02 Å². The lowest BCUT2D eigenvalue weighted by Crippen LogP contribution is -2.36. The highest BCUT2D eigenvalue weighted by Crippen LogP contribution is 2.44. The summed E-state index contributed by atoms with van der Waals surface area (Å²) in [6, 6.07) is 11.4. The van der Waals surface area contributed by atoms with Gasteiger partial charge in [0.15, 0.2) is 0 Å². The molecule has 0 unspecified atom stereocenters. The van der Waals surface area contributed by atoms with Gasteiger partial charge in [0.1, 0.15) is 5.75 Å². The van der Waals surface area contributed by atoms with Crippen molar-refractivity contribution in [1.29, 1.82) is 0 Å². The van der Waals surface area contributed by atoms with E-state index in [1.807, 2.05) is 6.07 Å². The third-order valence-electron chi connectivity index (χ3n) is 5.42. The molecule has 2 aromatic rings. The lowest BCUT2D eigenvalue weighted by Gasteiger charge is -2.38. The van der Waals surface area contributed by atoms with Crippen molar-refractivity contribution in [2.24, 2.45) is 0 Å². The van der Waals surface area contributed by atoms with Gasteiger partial charge in [-0.2, -0.15) is 0 Å². The number of carboxylic acid groups (broad SMARTS) is 1. The molecule has 124 valence electrons. The smallest absolute Gasteiger partial charge is 0.335 e. The molecule has 0 aromatic heterocycles. The highest BCUT2D eigenvalue weighted by Gasteiger charge is 2.39. The van der Waals surface area contributed by atoms with Crippen molar-refractivity contribution < 1.29 is 14.6 Å². The summed E-state index contributed by atoms with van der Waals surface area (Å²) in [7, 11) is 0. The van der Waals surface area contributed by atoms with E-state index in [1.54, 1.807) is 18.2 Å². The fourth-order valence-electron chi connectivity index (χ4n) is 4.16. The van der Waals surface area contributed by atoms with Crippen LogP contribution in [-0.2, 0) is 18.3 Å². The number of benzene rings is 2. The Morgan fingerprint density at radius 2 is 1.96 bits per heavy atom. The summed E-state index contributed by atoms with van der Waals surface area (Å²) in [6.45, 7) is 0.640. The molecule has 0 saturated carbocycles. The number of fused-ring (bicyclic) bond motifs is 3. The van der Waals surface area contributed by atoms with Crippen LogP contribution in [0.4, 0.5) is 0 Å². The Morgan fingerprint density at radius 1 is 1.08 bits per heavy atom. The van der Waals surface area contributed by atoms with E-state index in [1.165, 1.54) is 11.1 Å². The van der Waals surface area contributed by atoms with Gasteiger partial charge in [0.25, 0.3) is 0 Å². The minimum absolute atomic E-state index is 0.000575. The highest BCUT2D eigenvalue weighted by molar-refractivity contribution is 6.30. The first-order valence-corrected chi connectivity index (χ1v) is 8.73. The second-order valence-corrected chi connectivity index (χ2v) is 7.29. The average molecular weight is 343 g/mol. The van der Waals surface area contributed by atoms with Crippen LogP contribution < -0.4 is 4.74 Å². The normalized spacial score (nSPS) is 22.2. The largest absolute Gasteiger partial charge is 0.492 e. The molecule has 2 aliphatic rings. The summed E-state index contributed by atoms with van der Waals surface area (Å²) in [6.07, 6.45) is 5.10. The van der Waals surface area contributed by atoms with E-state index >= 15 is 0 Å². The molecule has 1 heterocycles. The molecule has 2 aromatic carbocycles. The van der Waals surface area contributed by atoms with Crippen LogP contribution in [0.25, 0.3) is 0 Å². The van der Waals surface area contributed by atoms with Gasteiger partial charge in [-0.1, -0.05) is 17.7 Å². The Morgan fingerprint density at radius 3 is 2.79 bits per heavy atom. The van der Waals surface area contributed by atoms with Gasteiger partial charge in [-0.3, -0.25) is 0 Å². The van der Waals surface area contributed by atoms with Crippen LogP contribution in [0.3, 0.4) is 0 Å². The molecule has 1 aliphatic heterocycles. The number of aryl methyl sites for hydroxylation is 2. The van der Waals surface area contributed by atoms with Crippen LogP contribution in [0.5, 0.6) is 5.75 Å². The third kappa shape index (κ3) is 2.57. The van der Waals surface area contributed by atoms with Crippen LogP contribution in [0.15, 0.2) is 36.4 Å². The maximum Gasteiger partial charge on any atom is 0.335 e. The van der Waals surface area contributed by atoms with Gasteiger partial charge in [0.05, 0.1) is 12.2 Å². The molecule has 3 nitrogen and oxygen atoms in total. The van der Waals surface area contributed by atoms with E-state index in [0.29, 0.717) is 12.2 Å². The molecule has 4 rings (SSSR count). The molecule has 0 saturated heterocycles. The second-order valence-electron chi connectivity index (χ2n) is 6.85. The summed E-state index contributed by atoms with van der Waals surface area (Å²) >= 11 is 6.17.